The van der Waals surface area contributed by atoms with Crippen LogP contribution < -0.4 is 0 Å². The Hall–Kier alpha value is -3.03. The van der Waals surface area contributed by atoms with Crippen LogP contribution in [0.25, 0.3) is 16.3 Å². The van der Waals surface area contributed by atoms with E-state index in [2.05, 4.69) is 50.3 Å². The molecule has 0 amide bonds. The molecule has 7 heteroatoms. The number of hydrogen-bond donors (Lipinski definition) is 0. The maximum absolute atomic E-state index is 5.16. The summed E-state index contributed by atoms with van der Waals surface area (Å²) in [6, 6.07) is 6.48. The third-order valence-electron chi connectivity index (χ3n) is 5.21. The molecule has 5 rings (SSSR count). The largest absolute Gasteiger partial charge is 0.384 e. The van der Waals surface area contributed by atoms with Gasteiger partial charge in [-0.15, -0.1) is 11.3 Å². The minimum absolute atomic E-state index is 0.658. The highest BCUT2D eigenvalue weighted by molar-refractivity contribution is 7.13. The molecule has 146 valence electrons. The molecular formula is C22H21N5OS. The molecule has 2 aromatic heterocycles. The predicted octanol–water partition coefficient (Wildman–Crippen LogP) is 3.83. The van der Waals surface area contributed by atoms with Gasteiger partial charge in [0.15, 0.2) is 0 Å². The van der Waals surface area contributed by atoms with Crippen molar-refractivity contribution in [2.45, 2.75) is 12.8 Å². The highest BCUT2D eigenvalue weighted by atomic mass is 32.1. The zero-order valence-corrected chi connectivity index (χ0v) is 17.0. The average molecular weight is 404 g/mol. The van der Waals surface area contributed by atoms with Gasteiger partial charge >= 0.3 is 0 Å². The van der Waals surface area contributed by atoms with Crippen LogP contribution in [0.15, 0.2) is 65.8 Å². The molecule has 0 spiro atoms. The first-order valence-corrected chi connectivity index (χ1v) is 10.5. The third-order valence-corrected chi connectivity index (χ3v) is 6.02. The van der Waals surface area contributed by atoms with Gasteiger partial charge in [-0.25, -0.2) is 15.0 Å². The molecular weight excluding hydrogens is 382 g/mol. The normalized spacial score (nSPS) is 15.4. The smallest absolute Gasteiger partial charge is 0.139 e. The van der Waals surface area contributed by atoms with Gasteiger partial charge in [-0.1, -0.05) is 18.2 Å². The number of ether oxygens (including phenoxy) is 1. The Kier molecular flexibility index (Phi) is 4.83. The summed E-state index contributed by atoms with van der Waals surface area (Å²) >= 11 is 1.68. The molecule has 0 radical (unpaired) electrons. The van der Waals surface area contributed by atoms with Crippen LogP contribution in [0.4, 0.5) is 0 Å². The number of fused-ring (bicyclic) bond motifs is 3. The van der Waals surface area contributed by atoms with Crippen molar-refractivity contribution in [3.63, 3.8) is 0 Å². The molecule has 0 fully saturated rings. The van der Waals surface area contributed by atoms with E-state index < -0.39 is 0 Å². The molecule has 0 bridgehead atoms. The molecule has 1 aromatic carbocycles. The molecule has 0 saturated carbocycles. The Balaban J connectivity index is 1.55. The summed E-state index contributed by atoms with van der Waals surface area (Å²) in [5.74, 6) is 0.849. The van der Waals surface area contributed by atoms with Crippen LogP contribution in [0.1, 0.15) is 16.8 Å². The van der Waals surface area contributed by atoms with Crippen molar-refractivity contribution in [3.8, 4) is 10.6 Å². The van der Waals surface area contributed by atoms with Gasteiger partial charge in [-0.05, 0) is 12.0 Å². The van der Waals surface area contributed by atoms with E-state index >= 15 is 0 Å². The van der Waals surface area contributed by atoms with Crippen LogP contribution in [-0.2, 0) is 17.6 Å². The fraction of sp³-hybridized carbons (Fsp3) is 0.227. The van der Waals surface area contributed by atoms with Crippen LogP contribution >= 0.6 is 11.3 Å². The monoisotopic (exact) mass is 403 g/mol. The SMILES string of the molecule is COCCc1cn(C2=NC=CN3CCc4c(cccc4-c4nccs4)C3=C2)cn1. The molecule has 0 aliphatic carbocycles. The van der Waals surface area contributed by atoms with E-state index in [9.17, 15) is 0 Å². The van der Waals surface area contributed by atoms with Crippen molar-refractivity contribution in [2.24, 2.45) is 4.99 Å². The number of thiazole rings is 1. The summed E-state index contributed by atoms with van der Waals surface area (Å²) in [5.41, 5.74) is 5.97. The first kappa shape index (κ1) is 18.0. The number of benzene rings is 1. The van der Waals surface area contributed by atoms with E-state index in [1.54, 1.807) is 18.4 Å². The molecule has 0 saturated heterocycles. The maximum Gasteiger partial charge on any atom is 0.139 e. The molecule has 3 aromatic rings. The summed E-state index contributed by atoms with van der Waals surface area (Å²) in [6.07, 6.45) is 13.5. The fourth-order valence-electron chi connectivity index (χ4n) is 3.79. The minimum Gasteiger partial charge on any atom is -0.384 e. The number of aliphatic imine (C=N–C) groups is 1. The number of rotatable bonds is 4. The van der Waals surface area contributed by atoms with Crippen molar-refractivity contribution < 1.29 is 4.74 Å². The Morgan fingerprint density at radius 1 is 1.21 bits per heavy atom. The third kappa shape index (κ3) is 3.43. The second kappa shape index (κ2) is 7.77. The molecule has 4 heterocycles. The van der Waals surface area contributed by atoms with E-state index in [4.69, 9.17) is 4.74 Å². The molecule has 29 heavy (non-hydrogen) atoms. The van der Waals surface area contributed by atoms with Gasteiger partial charge in [0.25, 0.3) is 0 Å². The van der Waals surface area contributed by atoms with Gasteiger partial charge in [0.2, 0.25) is 0 Å². The van der Waals surface area contributed by atoms with E-state index in [1.807, 2.05) is 34.9 Å². The molecule has 2 aliphatic rings. The predicted molar refractivity (Wildman–Crippen MR) is 116 cm³/mol. The van der Waals surface area contributed by atoms with E-state index in [1.165, 1.54) is 16.7 Å². The van der Waals surface area contributed by atoms with E-state index in [0.717, 1.165) is 41.6 Å². The number of aromatic nitrogens is 3. The lowest BCUT2D eigenvalue weighted by Gasteiger charge is -2.31. The average Bonchev–Trinajstić information content (AvgIpc) is 3.40. The Bertz CT molecular complexity index is 1110. The maximum atomic E-state index is 5.16. The van der Waals surface area contributed by atoms with Crippen molar-refractivity contribution >= 4 is 22.9 Å². The van der Waals surface area contributed by atoms with Crippen LogP contribution in [-0.4, -0.2) is 45.5 Å². The lowest BCUT2D eigenvalue weighted by Crippen LogP contribution is -2.25. The van der Waals surface area contributed by atoms with Gasteiger partial charge < -0.3 is 9.64 Å². The zero-order valence-electron chi connectivity index (χ0n) is 16.2. The summed E-state index contributed by atoms with van der Waals surface area (Å²) in [4.78, 5) is 15.9. The molecule has 6 nitrogen and oxygen atoms in total. The summed E-state index contributed by atoms with van der Waals surface area (Å²) in [5, 5.41) is 3.11. The quantitative estimate of drug-likeness (QED) is 0.664. The van der Waals surface area contributed by atoms with Gasteiger partial charge in [0.05, 0.1) is 18.0 Å². The first-order valence-electron chi connectivity index (χ1n) is 9.60. The minimum atomic E-state index is 0.658. The lowest BCUT2D eigenvalue weighted by molar-refractivity contribution is 0.201. The van der Waals surface area contributed by atoms with Crippen LogP contribution in [0.2, 0.25) is 0 Å². The first-order chi connectivity index (χ1) is 14.3. The number of hydrogen-bond acceptors (Lipinski definition) is 6. The van der Waals surface area contributed by atoms with Crippen molar-refractivity contribution in [2.75, 3.05) is 20.3 Å². The van der Waals surface area contributed by atoms with Gasteiger partial charge in [-0.3, -0.25) is 4.57 Å². The van der Waals surface area contributed by atoms with Gasteiger partial charge in [0.1, 0.15) is 17.2 Å². The molecule has 2 aliphatic heterocycles. The van der Waals surface area contributed by atoms with Crippen molar-refractivity contribution in [1.82, 2.24) is 19.4 Å². The van der Waals surface area contributed by atoms with Gasteiger partial charge in [0, 0.05) is 67.5 Å². The highest BCUT2D eigenvalue weighted by Gasteiger charge is 2.24. The van der Waals surface area contributed by atoms with E-state index in [-0.39, 0.29) is 0 Å². The van der Waals surface area contributed by atoms with Crippen molar-refractivity contribution in [1.29, 1.82) is 0 Å². The summed E-state index contributed by atoms with van der Waals surface area (Å²) in [7, 11) is 1.71. The highest BCUT2D eigenvalue weighted by Crippen LogP contribution is 2.36. The number of methoxy groups -OCH3 is 1. The van der Waals surface area contributed by atoms with Crippen molar-refractivity contribution in [3.05, 3.63) is 77.6 Å². The topological polar surface area (TPSA) is 55.5 Å². The number of allylic oxidation sites excluding steroid dienone is 1. The standard InChI is InChI=1S/C22H21N5OS/c1-28-11-6-16-14-27(15-25-16)21-13-20-18-3-2-4-19(22-24-8-12-29-22)17(18)5-9-26(20)10-7-23-21/h2-4,7-8,10,12-15H,5-6,9,11H2,1H3. The van der Waals surface area contributed by atoms with Crippen LogP contribution in [0, 0.1) is 0 Å². The number of nitrogens with zero attached hydrogens (tertiary/aromatic N) is 5. The Morgan fingerprint density at radius 2 is 2.14 bits per heavy atom. The zero-order chi connectivity index (χ0) is 19.6. The molecule has 0 N–H and O–H groups in total. The Morgan fingerprint density at radius 3 is 3.00 bits per heavy atom. The second-order valence-electron chi connectivity index (χ2n) is 6.94. The van der Waals surface area contributed by atoms with Crippen LogP contribution in [0.3, 0.4) is 0 Å². The Labute approximate surface area is 173 Å². The van der Waals surface area contributed by atoms with E-state index in [0.29, 0.717) is 6.61 Å². The summed E-state index contributed by atoms with van der Waals surface area (Å²) < 4.78 is 7.14. The van der Waals surface area contributed by atoms with Crippen LogP contribution in [0.5, 0.6) is 0 Å². The summed E-state index contributed by atoms with van der Waals surface area (Å²) in [6.45, 7) is 1.58. The lowest BCUT2D eigenvalue weighted by atomic mass is 9.92. The fourth-order valence-corrected chi connectivity index (χ4v) is 4.48. The molecule has 0 unspecified atom stereocenters. The molecule has 0 atom stereocenters. The second-order valence-corrected chi connectivity index (χ2v) is 7.84. The number of imidazole rings is 1. The van der Waals surface area contributed by atoms with Gasteiger partial charge in [-0.2, -0.15) is 0 Å².